The normalized spacial score (nSPS) is 11.5. The van der Waals surface area contributed by atoms with Gasteiger partial charge in [0.25, 0.3) is 5.91 Å². The molecule has 0 aliphatic carbocycles. The molecule has 28 heavy (non-hydrogen) atoms. The summed E-state index contributed by atoms with van der Waals surface area (Å²) in [4.78, 5) is 16.8. The molecule has 0 bridgehead atoms. The Hall–Kier alpha value is -3.25. The summed E-state index contributed by atoms with van der Waals surface area (Å²) in [6, 6.07) is 19.8. The minimum atomic E-state index is -3.16. The fourth-order valence-corrected chi connectivity index (χ4v) is 3.47. The van der Waals surface area contributed by atoms with Crippen LogP contribution in [0.15, 0.2) is 72.9 Å². The number of carbonyl (C=O) groups is 1. The molecular weight excluding hydrogens is 372 g/mol. The summed E-state index contributed by atoms with van der Waals surface area (Å²) in [6.45, 7) is 0. The van der Waals surface area contributed by atoms with Crippen LogP contribution in [0.2, 0.25) is 0 Å². The Morgan fingerprint density at radius 3 is 2.57 bits per heavy atom. The second-order valence-corrected chi connectivity index (χ2v) is 8.58. The Kier molecular flexibility index (Phi) is 6.01. The van der Waals surface area contributed by atoms with E-state index in [-0.39, 0.29) is 11.7 Å². The van der Waals surface area contributed by atoms with Crippen LogP contribution in [0.5, 0.6) is 0 Å². The van der Waals surface area contributed by atoms with Gasteiger partial charge in [-0.05, 0) is 53.6 Å². The number of anilines is 1. The number of sulfone groups is 1. The Labute approximate surface area is 164 Å². The number of aromatic nitrogens is 1. The van der Waals surface area contributed by atoms with E-state index in [2.05, 4.69) is 10.3 Å². The molecule has 0 spiro atoms. The number of hydrogen-bond acceptors (Lipinski definition) is 4. The van der Waals surface area contributed by atoms with Gasteiger partial charge in [-0.3, -0.25) is 9.78 Å². The van der Waals surface area contributed by atoms with Crippen LogP contribution in [0.1, 0.15) is 27.2 Å². The van der Waals surface area contributed by atoms with Crippen molar-refractivity contribution >= 4 is 33.6 Å². The van der Waals surface area contributed by atoms with E-state index in [0.717, 1.165) is 11.3 Å². The Bertz CT molecular complexity index is 1110. The van der Waals surface area contributed by atoms with E-state index in [0.29, 0.717) is 16.8 Å². The summed E-state index contributed by atoms with van der Waals surface area (Å²) in [5, 5.41) is 2.85. The fourth-order valence-electron chi connectivity index (χ4n) is 2.68. The molecule has 1 heterocycles. The fraction of sp³-hybridized carbons (Fsp3) is 0.0909. The number of rotatable bonds is 6. The van der Waals surface area contributed by atoms with Crippen LogP contribution in [0.3, 0.4) is 0 Å². The monoisotopic (exact) mass is 392 g/mol. The van der Waals surface area contributed by atoms with E-state index in [1.165, 1.54) is 6.26 Å². The van der Waals surface area contributed by atoms with Gasteiger partial charge in [0.15, 0.2) is 9.84 Å². The summed E-state index contributed by atoms with van der Waals surface area (Å²) in [5.74, 6) is -0.386. The van der Waals surface area contributed by atoms with E-state index >= 15 is 0 Å². The summed E-state index contributed by atoms with van der Waals surface area (Å²) in [5.41, 5.74) is 3.42. The van der Waals surface area contributed by atoms with E-state index < -0.39 is 9.84 Å². The first kappa shape index (κ1) is 19.5. The van der Waals surface area contributed by atoms with Crippen LogP contribution >= 0.6 is 0 Å². The molecule has 0 aliphatic heterocycles. The van der Waals surface area contributed by atoms with Crippen molar-refractivity contribution in [3.8, 4) is 0 Å². The van der Waals surface area contributed by atoms with Gasteiger partial charge in [0.1, 0.15) is 0 Å². The number of nitrogens with zero attached hydrogens (tertiary/aromatic N) is 1. The third-order valence-electron chi connectivity index (χ3n) is 3.90. The standard InChI is InChI=1S/C22H20N2O3S/c1-28(26,27)16-18-7-4-8-19(14-18)22(25)24-21-10-5-6-17(15-21)11-12-20-9-2-3-13-23-20/h2-15H,16H2,1H3,(H,24,25)/b12-11+. The molecule has 5 nitrogen and oxygen atoms in total. The lowest BCUT2D eigenvalue weighted by atomic mass is 10.1. The molecule has 1 aromatic heterocycles. The van der Waals surface area contributed by atoms with Crippen molar-refractivity contribution in [2.45, 2.75) is 5.75 Å². The first-order chi connectivity index (χ1) is 13.4. The zero-order valence-corrected chi connectivity index (χ0v) is 16.2. The van der Waals surface area contributed by atoms with Gasteiger partial charge >= 0.3 is 0 Å². The topological polar surface area (TPSA) is 76.1 Å². The quantitative estimate of drug-likeness (QED) is 0.687. The number of hydrogen-bond donors (Lipinski definition) is 1. The molecule has 142 valence electrons. The van der Waals surface area contributed by atoms with Gasteiger partial charge < -0.3 is 5.32 Å². The molecule has 1 amide bonds. The first-order valence-corrected chi connectivity index (χ1v) is 10.7. The van der Waals surface area contributed by atoms with Gasteiger partial charge in [0, 0.05) is 23.7 Å². The molecule has 3 rings (SSSR count). The third kappa shape index (κ3) is 5.89. The van der Waals surface area contributed by atoms with Gasteiger partial charge in [-0.2, -0.15) is 0 Å². The minimum Gasteiger partial charge on any atom is -0.322 e. The predicted octanol–water partition coefficient (Wildman–Crippen LogP) is 4.05. The summed E-state index contributed by atoms with van der Waals surface area (Å²) in [7, 11) is -3.16. The van der Waals surface area contributed by atoms with Crippen molar-refractivity contribution in [1.29, 1.82) is 0 Å². The van der Waals surface area contributed by atoms with Crippen molar-refractivity contribution in [2.75, 3.05) is 11.6 Å². The van der Waals surface area contributed by atoms with Crippen LogP contribution in [-0.4, -0.2) is 25.6 Å². The number of pyridine rings is 1. The number of nitrogens with one attached hydrogen (secondary N) is 1. The largest absolute Gasteiger partial charge is 0.322 e. The smallest absolute Gasteiger partial charge is 0.255 e. The average molecular weight is 392 g/mol. The SMILES string of the molecule is CS(=O)(=O)Cc1cccc(C(=O)Nc2cccc(/C=C/c3ccccn3)c2)c1. The maximum atomic E-state index is 12.5. The average Bonchev–Trinajstić information content (AvgIpc) is 2.66. The van der Waals surface area contributed by atoms with Crippen LogP contribution < -0.4 is 5.32 Å². The van der Waals surface area contributed by atoms with Crippen molar-refractivity contribution in [3.63, 3.8) is 0 Å². The first-order valence-electron chi connectivity index (χ1n) is 8.66. The summed E-state index contributed by atoms with van der Waals surface area (Å²) >= 11 is 0. The van der Waals surface area contributed by atoms with Crippen molar-refractivity contribution in [1.82, 2.24) is 4.98 Å². The van der Waals surface area contributed by atoms with Crippen LogP contribution in [0, 0.1) is 0 Å². The molecule has 0 radical (unpaired) electrons. The minimum absolute atomic E-state index is 0.0953. The highest BCUT2D eigenvalue weighted by Crippen LogP contribution is 2.16. The molecule has 0 atom stereocenters. The number of amides is 1. The van der Waals surface area contributed by atoms with Crippen molar-refractivity contribution < 1.29 is 13.2 Å². The highest BCUT2D eigenvalue weighted by molar-refractivity contribution is 7.89. The molecule has 1 N–H and O–H groups in total. The lowest BCUT2D eigenvalue weighted by molar-refractivity contribution is 0.102. The van der Waals surface area contributed by atoms with Gasteiger partial charge in [0.05, 0.1) is 11.4 Å². The van der Waals surface area contributed by atoms with Crippen molar-refractivity contribution in [3.05, 3.63) is 95.3 Å². The number of benzene rings is 2. The maximum Gasteiger partial charge on any atom is 0.255 e. The molecule has 0 saturated carbocycles. The van der Waals surface area contributed by atoms with Gasteiger partial charge in [-0.1, -0.05) is 36.4 Å². The Morgan fingerprint density at radius 2 is 1.82 bits per heavy atom. The predicted molar refractivity (Wildman–Crippen MR) is 113 cm³/mol. The molecule has 3 aromatic rings. The summed E-state index contributed by atoms with van der Waals surface area (Å²) in [6.07, 6.45) is 6.72. The van der Waals surface area contributed by atoms with Crippen LogP contribution in [0.4, 0.5) is 5.69 Å². The second kappa shape index (κ2) is 8.63. The molecule has 0 saturated heterocycles. The van der Waals surface area contributed by atoms with E-state index in [1.807, 2.05) is 48.6 Å². The Morgan fingerprint density at radius 1 is 1.00 bits per heavy atom. The maximum absolute atomic E-state index is 12.5. The van der Waals surface area contributed by atoms with E-state index in [1.54, 1.807) is 36.5 Å². The number of carbonyl (C=O) groups excluding carboxylic acids is 1. The third-order valence-corrected chi connectivity index (χ3v) is 4.75. The van der Waals surface area contributed by atoms with Crippen LogP contribution in [0.25, 0.3) is 12.2 Å². The molecular formula is C22H20N2O3S. The van der Waals surface area contributed by atoms with E-state index in [9.17, 15) is 13.2 Å². The van der Waals surface area contributed by atoms with E-state index in [4.69, 9.17) is 0 Å². The summed E-state index contributed by atoms with van der Waals surface area (Å²) < 4.78 is 22.9. The molecule has 0 unspecified atom stereocenters. The second-order valence-electron chi connectivity index (χ2n) is 6.44. The highest BCUT2D eigenvalue weighted by atomic mass is 32.2. The molecule has 0 aliphatic rings. The lowest BCUT2D eigenvalue weighted by Crippen LogP contribution is -2.12. The lowest BCUT2D eigenvalue weighted by Gasteiger charge is -2.08. The highest BCUT2D eigenvalue weighted by Gasteiger charge is 2.10. The van der Waals surface area contributed by atoms with Gasteiger partial charge in [-0.15, -0.1) is 0 Å². The molecule has 0 fully saturated rings. The molecule has 6 heteroatoms. The molecule has 2 aromatic carbocycles. The van der Waals surface area contributed by atoms with Gasteiger partial charge in [0.2, 0.25) is 0 Å². The zero-order chi connectivity index (χ0) is 20.0. The van der Waals surface area contributed by atoms with Crippen molar-refractivity contribution in [2.24, 2.45) is 0 Å². The zero-order valence-electron chi connectivity index (χ0n) is 15.4. The van der Waals surface area contributed by atoms with Gasteiger partial charge in [-0.25, -0.2) is 8.42 Å². The Balaban J connectivity index is 1.73. The van der Waals surface area contributed by atoms with Crippen LogP contribution in [-0.2, 0) is 15.6 Å².